The summed E-state index contributed by atoms with van der Waals surface area (Å²) in [6.07, 6.45) is 3.18. The quantitative estimate of drug-likeness (QED) is 0.722. The molecule has 1 saturated heterocycles. The average molecular weight is 242 g/mol. The number of nitrogens with zero attached hydrogens (tertiary/aromatic N) is 1. The summed E-state index contributed by atoms with van der Waals surface area (Å²) in [5.41, 5.74) is 5.81. The van der Waals surface area contributed by atoms with Gasteiger partial charge in [0.25, 0.3) is 0 Å². The molecule has 3 N–H and O–H groups in total. The molecular formula is C12H22N2O3. The minimum absolute atomic E-state index is 0.0139. The van der Waals surface area contributed by atoms with Crippen LogP contribution in [0.3, 0.4) is 0 Å². The van der Waals surface area contributed by atoms with E-state index in [1.807, 2.05) is 6.92 Å². The molecule has 0 spiro atoms. The number of nitrogens with two attached hydrogens (primary N) is 1. The number of morpholine rings is 1. The lowest BCUT2D eigenvalue weighted by atomic mass is 9.75. The second kappa shape index (κ2) is 4.92. The van der Waals surface area contributed by atoms with Crippen molar-refractivity contribution < 1.29 is 14.6 Å². The second-order valence-electron chi connectivity index (χ2n) is 5.44. The predicted octanol–water partition coefficient (Wildman–Crippen LogP) is -0.134. The predicted molar refractivity (Wildman–Crippen MR) is 63.4 cm³/mol. The molecule has 0 radical (unpaired) electrons. The summed E-state index contributed by atoms with van der Waals surface area (Å²) in [4.78, 5) is 13.9. The van der Waals surface area contributed by atoms with Crippen molar-refractivity contribution in [1.29, 1.82) is 0 Å². The molecule has 5 nitrogen and oxygen atoms in total. The number of carbonyl (C=O) groups is 1. The first-order valence-corrected chi connectivity index (χ1v) is 6.35. The largest absolute Gasteiger partial charge is 0.394 e. The van der Waals surface area contributed by atoms with Gasteiger partial charge in [-0.3, -0.25) is 4.79 Å². The Kier molecular flexibility index (Phi) is 3.70. The minimum atomic E-state index is -0.270. The van der Waals surface area contributed by atoms with Crippen LogP contribution in [0, 0.1) is 0 Å². The summed E-state index contributed by atoms with van der Waals surface area (Å²) < 4.78 is 5.51. The molecule has 0 aromatic heterocycles. The third-order valence-electron chi connectivity index (χ3n) is 3.74. The molecule has 0 aromatic carbocycles. The van der Waals surface area contributed by atoms with Crippen LogP contribution in [-0.2, 0) is 9.53 Å². The van der Waals surface area contributed by atoms with Crippen molar-refractivity contribution in [1.82, 2.24) is 4.90 Å². The number of rotatable bonds is 3. The van der Waals surface area contributed by atoms with Crippen molar-refractivity contribution in [2.75, 3.05) is 19.7 Å². The summed E-state index contributed by atoms with van der Waals surface area (Å²) in [5, 5.41) is 9.11. The summed E-state index contributed by atoms with van der Waals surface area (Å²) in [7, 11) is 0. The van der Waals surface area contributed by atoms with Crippen LogP contribution < -0.4 is 5.73 Å². The lowest BCUT2D eigenvalue weighted by Crippen LogP contribution is -2.55. The molecule has 17 heavy (non-hydrogen) atoms. The van der Waals surface area contributed by atoms with Gasteiger partial charge in [0.2, 0.25) is 5.91 Å². The topological polar surface area (TPSA) is 75.8 Å². The lowest BCUT2D eigenvalue weighted by Gasteiger charge is -2.41. The van der Waals surface area contributed by atoms with Crippen LogP contribution in [0.1, 0.15) is 32.6 Å². The molecule has 1 heterocycles. The SMILES string of the molecule is CC1CN(C(=O)CC2(N)CCC2)CC(CO)O1. The zero-order valence-corrected chi connectivity index (χ0v) is 10.4. The van der Waals surface area contributed by atoms with E-state index in [-0.39, 0.29) is 30.3 Å². The van der Waals surface area contributed by atoms with E-state index in [1.54, 1.807) is 4.90 Å². The first-order valence-electron chi connectivity index (χ1n) is 6.35. The highest BCUT2D eigenvalue weighted by Crippen LogP contribution is 2.32. The van der Waals surface area contributed by atoms with Crippen LogP contribution in [0.4, 0.5) is 0 Å². The maximum atomic E-state index is 12.1. The van der Waals surface area contributed by atoms with E-state index < -0.39 is 0 Å². The molecule has 0 bridgehead atoms. The monoisotopic (exact) mass is 242 g/mol. The molecule has 2 rings (SSSR count). The van der Waals surface area contributed by atoms with E-state index in [1.165, 1.54) is 0 Å². The zero-order chi connectivity index (χ0) is 12.5. The van der Waals surface area contributed by atoms with Crippen molar-refractivity contribution in [3.8, 4) is 0 Å². The molecule has 2 aliphatic rings. The number of aliphatic hydroxyl groups is 1. The minimum Gasteiger partial charge on any atom is -0.394 e. The van der Waals surface area contributed by atoms with Gasteiger partial charge in [-0.1, -0.05) is 0 Å². The van der Waals surface area contributed by atoms with Gasteiger partial charge in [-0.05, 0) is 26.2 Å². The Balaban J connectivity index is 1.89. The zero-order valence-electron chi connectivity index (χ0n) is 10.4. The number of carbonyl (C=O) groups excluding carboxylic acids is 1. The number of amides is 1. The maximum Gasteiger partial charge on any atom is 0.224 e. The summed E-state index contributed by atoms with van der Waals surface area (Å²) in [6, 6.07) is 0. The van der Waals surface area contributed by atoms with Gasteiger partial charge in [0, 0.05) is 25.0 Å². The van der Waals surface area contributed by atoms with Crippen LogP contribution in [0.5, 0.6) is 0 Å². The Labute approximate surface area is 102 Å². The Morgan fingerprint density at radius 1 is 1.53 bits per heavy atom. The van der Waals surface area contributed by atoms with Gasteiger partial charge < -0.3 is 20.5 Å². The molecule has 0 aromatic rings. The Morgan fingerprint density at radius 3 is 2.76 bits per heavy atom. The number of hydrogen-bond acceptors (Lipinski definition) is 4. The summed E-state index contributed by atoms with van der Waals surface area (Å²) >= 11 is 0. The molecular weight excluding hydrogens is 220 g/mol. The van der Waals surface area contributed by atoms with Gasteiger partial charge in [-0.2, -0.15) is 0 Å². The van der Waals surface area contributed by atoms with Gasteiger partial charge in [0.1, 0.15) is 0 Å². The standard InChI is InChI=1S/C12H22N2O3/c1-9-6-14(7-10(8-15)17-9)11(16)5-12(13)3-2-4-12/h9-10,15H,2-8,13H2,1H3. The van der Waals surface area contributed by atoms with Gasteiger partial charge in [-0.15, -0.1) is 0 Å². The molecule has 5 heteroatoms. The molecule has 1 saturated carbocycles. The van der Waals surface area contributed by atoms with Crippen molar-refractivity contribution in [2.45, 2.75) is 50.4 Å². The maximum absolute atomic E-state index is 12.1. The number of hydrogen-bond donors (Lipinski definition) is 2. The van der Waals surface area contributed by atoms with Gasteiger partial charge in [0.15, 0.2) is 0 Å². The molecule has 1 amide bonds. The van der Waals surface area contributed by atoms with E-state index in [9.17, 15) is 4.79 Å². The fourth-order valence-electron chi connectivity index (χ4n) is 2.57. The van der Waals surface area contributed by atoms with Crippen LogP contribution in [-0.4, -0.2) is 53.4 Å². The molecule has 2 atom stereocenters. The Bertz CT molecular complexity index is 291. The van der Waals surface area contributed by atoms with Crippen molar-refractivity contribution in [3.05, 3.63) is 0 Å². The molecule has 2 unspecified atom stereocenters. The average Bonchev–Trinajstić information content (AvgIpc) is 2.26. The third-order valence-corrected chi connectivity index (χ3v) is 3.74. The van der Waals surface area contributed by atoms with Gasteiger partial charge in [-0.25, -0.2) is 0 Å². The third kappa shape index (κ3) is 2.97. The number of ether oxygens (including phenoxy) is 1. The highest BCUT2D eigenvalue weighted by atomic mass is 16.5. The molecule has 1 aliphatic heterocycles. The van der Waals surface area contributed by atoms with Crippen LogP contribution in [0.15, 0.2) is 0 Å². The Morgan fingerprint density at radius 2 is 2.24 bits per heavy atom. The van der Waals surface area contributed by atoms with Crippen LogP contribution >= 0.6 is 0 Å². The van der Waals surface area contributed by atoms with Crippen LogP contribution in [0.2, 0.25) is 0 Å². The van der Waals surface area contributed by atoms with E-state index >= 15 is 0 Å². The second-order valence-corrected chi connectivity index (χ2v) is 5.44. The lowest BCUT2D eigenvalue weighted by molar-refractivity contribution is -0.149. The van der Waals surface area contributed by atoms with Crippen molar-refractivity contribution in [2.24, 2.45) is 5.73 Å². The number of aliphatic hydroxyl groups excluding tert-OH is 1. The van der Waals surface area contributed by atoms with Gasteiger partial charge in [0.05, 0.1) is 18.8 Å². The van der Waals surface area contributed by atoms with Crippen LogP contribution in [0.25, 0.3) is 0 Å². The fourth-order valence-corrected chi connectivity index (χ4v) is 2.57. The van der Waals surface area contributed by atoms with E-state index in [2.05, 4.69) is 0 Å². The van der Waals surface area contributed by atoms with Crippen molar-refractivity contribution >= 4 is 5.91 Å². The first kappa shape index (κ1) is 12.8. The normalized spacial score (nSPS) is 32.1. The van der Waals surface area contributed by atoms with E-state index in [0.29, 0.717) is 19.5 Å². The first-order chi connectivity index (χ1) is 8.02. The van der Waals surface area contributed by atoms with E-state index in [4.69, 9.17) is 15.6 Å². The Hall–Kier alpha value is -0.650. The highest BCUT2D eigenvalue weighted by molar-refractivity contribution is 5.77. The molecule has 1 aliphatic carbocycles. The van der Waals surface area contributed by atoms with E-state index in [0.717, 1.165) is 19.3 Å². The molecule has 98 valence electrons. The molecule has 2 fully saturated rings. The van der Waals surface area contributed by atoms with Crippen molar-refractivity contribution in [3.63, 3.8) is 0 Å². The summed E-state index contributed by atoms with van der Waals surface area (Å²) in [6.45, 7) is 2.96. The fraction of sp³-hybridized carbons (Fsp3) is 0.917. The van der Waals surface area contributed by atoms with Gasteiger partial charge >= 0.3 is 0 Å². The highest BCUT2D eigenvalue weighted by Gasteiger charge is 2.37. The smallest absolute Gasteiger partial charge is 0.224 e. The summed E-state index contributed by atoms with van der Waals surface area (Å²) in [5.74, 6) is 0.0980.